The van der Waals surface area contributed by atoms with Crippen LogP contribution in [0.5, 0.6) is 0 Å². The Morgan fingerprint density at radius 2 is 1.59 bits per heavy atom. The lowest BCUT2D eigenvalue weighted by molar-refractivity contribution is 0.342. The molecule has 1 heterocycles. The van der Waals surface area contributed by atoms with Crippen molar-refractivity contribution in [3.05, 3.63) is 68.3 Å². The number of nitrogens with one attached hydrogen (secondary N) is 1. The third kappa shape index (κ3) is 2.71. The maximum Gasteiger partial charge on any atom is 0.0133 e. The maximum atomic E-state index is 3.53. The van der Waals surface area contributed by atoms with Crippen LogP contribution in [-0.4, -0.2) is 13.1 Å². The van der Waals surface area contributed by atoms with Gasteiger partial charge < -0.3 is 5.32 Å². The topological polar surface area (TPSA) is 12.0 Å². The van der Waals surface area contributed by atoms with E-state index in [4.69, 9.17) is 0 Å². The first-order valence-electron chi connectivity index (χ1n) is 8.40. The number of rotatable bonds is 1. The molecule has 1 fully saturated rings. The number of hydrogen-bond donors (Lipinski definition) is 1. The zero-order valence-electron chi connectivity index (χ0n) is 12.8. The predicted molar refractivity (Wildman–Crippen MR) is 100 cm³/mol. The second-order valence-electron chi connectivity index (χ2n) is 6.61. The standard InChI is InChI=1S/C20H22IN/c21-17-7-8-19-16(13-17)6-5-14-3-1-2-4-18(14)20(19)15-9-11-22-12-10-15/h1-4,7-8,13,15,20,22H,5-6,9-12H2. The zero-order valence-corrected chi connectivity index (χ0v) is 15.0. The molecule has 1 atom stereocenters. The summed E-state index contributed by atoms with van der Waals surface area (Å²) >= 11 is 2.45. The minimum atomic E-state index is 0.591. The number of hydrogen-bond acceptors (Lipinski definition) is 1. The van der Waals surface area contributed by atoms with E-state index >= 15 is 0 Å². The fraction of sp³-hybridized carbons (Fsp3) is 0.400. The fourth-order valence-corrected chi connectivity index (χ4v) is 4.84. The van der Waals surface area contributed by atoms with Gasteiger partial charge >= 0.3 is 0 Å². The molecule has 1 N–H and O–H groups in total. The first-order chi connectivity index (χ1) is 10.8. The van der Waals surface area contributed by atoms with Gasteiger partial charge in [0.05, 0.1) is 0 Å². The van der Waals surface area contributed by atoms with Gasteiger partial charge in [0.25, 0.3) is 0 Å². The lowest BCUT2D eigenvalue weighted by atomic mass is 9.75. The van der Waals surface area contributed by atoms with E-state index in [2.05, 4.69) is 70.4 Å². The highest BCUT2D eigenvalue weighted by molar-refractivity contribution is 14.1. The average Bonchev–Trinajstić information content (AvgIpc) is 2.72. The van der Waals surface area contributed by atoms with Crippen LogP contribution in [0.15, 0.2) is 42.5 Å². The lowest BCUT2D eigenvalue weighted by Gasteiger charge is -2.32. The molecule has 1 aliphatic heterocycles. The number of aryl methyl sites for hydroxylation is 2. The van der Waals surface area contributed by atoms with Crippen LogP contribution in [0.1, 0.15) is 41.0 Å². The molecule has 22 heavy (non-hydrogen) atoms. The molecule has 0 radical (unpaired) electrons. The van der Waals surface area contributed by atoms with Gasteiger partial charge in [-0.2, -0.15) is 0 Å². The Morgan fingerprint density at radius 1 is 0.864 bits per heavy atom. The van der Waals surface area contributed by atoms with Crippen LogP contribution in [0.3, 0.4) is 0 Å². The molecule has 4 rings (SSSR count). The van der Waals surface area contributed by atoms with Gasteiger partial charge in [-0.3, -0.25) is 0 Å². The summed E-state index contributed by atoms with van der Waals surface area (Å²) in [5.41, 5.74) is 6.33. The summed E-state index contributed by atoms with van der Waals surface area (Å²) in [7, 11) is 0. The summed E-state index contributed by atoms with van der Waals surface area (Å²) in [6, 6.07) is 16.3. The zero-order chi connectivity index (χ0) is 14.9. The average molecular weight is 403 g/mol. The van der Waals surface area contributed by atoms with Gasteiger partial charge in [-0.05, 0) is 102 Å². The van der Waals surface area contributed by atoms with Crippen molar-refractivity contribution in [2.24, 2.45) is 5.92 Å². The molecule has 1 nitrogen and oxygen atoms in total. The summed E-state index contributed by atoms with van der Waals surface area (Å²) in [5, 5.41) is 3.53. The molecule has 0 saturated carbocycles. The van der Waals surface area contributed by atoms with Gasteiger partial charge in [-0.15, -0.1) is 0 Å². The van der Waals surface area contributed by atoms with Gasteiger partial charge in [-0.1, -0.05) is 30.3 Å². The molecule has 0 bridgehead atoms. The molecule has 0 amide bonds. The first kappa shape index (κ1) is 14.7. The molecule has 2 heteroatoms. The Labute approximate surface area is 146 Å². The molecular weight excluding hydrogens is 381 g/mol. The van der Waals surface area contributed by atoms with Crippen LogP contribution < -0.4 is 5.32 Å². The number of halogens is 1. The van der Waals surface area contributed by atoms with Crippen molar-refractivity contribution in [1.29, 1.82) is 0 Å². The molecule has 0 spiro atoms. The largest absolute Gasteiger partial charge is 0.317 e. The summed E-state index contributed by atoms with van der Waals surface area (Å²) in [4.78, 5) is 0. The minimum absolute atomic E-state index is 0.591. The monoisotopic (exact) mass is 403 g/mol. The second kappa shape index (κ2) is 6.32. The highest BCUT2D eigenvalue weighted by atomic mass is 127. The molecule has 1 aliphatic carbocycles. The lowest BCUT2D eigenvalue weighted by Crippen LogP contribution is -2.31. The van der Waals surface area contributed by atoms with E-state index in [0.29, 0.717) is 5.92 Å². The number of benzene rings is 2. The van der Waals surface area contributed by atoms with Crippen molar-refractivity contribution < 1.29 is 0 Å². The van der Waals surface area contributed by atoms with Crippen molar-refractivity contribution >= 4 is 22.6 Å². The maximum absolute atomic E-state index is 3.53. The molecule has 2 aromatic rings. The Morgan fingerprint density at radius 3 is 2.45 bits per heavy atom. The smallest absolute Gasteiger partial charge is 0.0133 e. The summed E-state index contributed by atoms with van der Waals surface area (Å²) in [6.45, 7) is 2.34. The van der Waals surface area contributed by atoms with E-state index in [9.17, 15) is 0 Å². The highest BCUT2D eigenvalue weighted by Gasteiger charge is 2.31. The van der Waals surface area contributed by atoms with E-state index in [1.807, 2.05) is 0 Å². The van der Waals surface area contributed by atoms with Crippen molar-refractivity contribution in [2.45, 2.75) is 31.6 Å². The van der Waals surface area contributed by atoms with Crippen molar-refractivity contribution in [2.75, 3.05) is 13.1 Å². The van der Waals surface area contributed by atoms with Crippen molar-refractivity contribution in [1.82, 2.24) is 5.32 Å². The SMILES string of the molecule is Ic1ccc2c(c1)CCc1ccccc1C2C1CCNCC1. The molecule has 1 saturated heterocycles. The molecule has 0 aromatic heterocycles. The Balaban J connectivity index is 1.86. The molecule has 2 aromatic carbocycles. The van der Waals surface area contributed by atoms with Crippen LogP contribution in [-0.2, 0) is 12.8 Å². The van der Waals surface area contributed by atoms with E-state index < -0.39 is 0 Å². The predicted octanol–water partition coefficient (Wildman–Crippen LogP) is 4.52. The Kier molecular flexibility index (Phi) is 4.23. The first-order valence-corrected chi connectivity index (χ1v) is 9.47. The van der Waals surface area contributed by atoms with Crippen LogP contribution in [0.25, 0.3) is 0 Å². The van der Waals surface area contributed by atoms with Gasteiger partial charge in [0.15, 0.2) is 0 Å². The Bertz CT molecular complexity index is 673. The van der Waals surface area contributed by atoms with Gasteiger partial charge in [0, 0.05) is 9.49 Å². The van der Waals surface area contributed by atoms with Gasteiger partial charge in [-0.25, -0.2) is 0 Å². The molecule has 2 aliphatic rings. The Hall–Kier alpha value is -0.870. The van der Waals surface area contributed by atoms with E-state index in [1.165, 1.54) is 42.3 Å². The van der Waals surface area contributed by atoms with Crippen LogP contribution >= 0.6 is 22.6 Å². The van der Waals surface area contributed by atoms with Crippen molar-refractivity contribution in [3.8, 4) is 0 Å². The molecular formula is C20H22IN. The number of piperidine rings is 1. The minimum Gasteiger partial charge on any atom is -0.317 e. The fourth-order valence-electron chi connectivity index (χ4n) is 4.28. The van der Waals surface area contributed by atoms with E-state index in [-0.39, 0.29) is 0 Å². The van der Waals surface area contributed by atoms with Crippen LogP contribution in [0.2, 0.25) is 0 Å². The van der Waals surface area contributed by atoms with Gasteiger partial charge in [0.1, 0.15) is 0 Å². The summed E-state index contributed by atoms with van der Waals surface area (Å²) in [5.74, 6) is 1.37. The second-order valence-corrected chi connectivity index (χ2v) is 7.85. The van der Waals surface area contributed by atoms with Crippen molar-refractivity contribution in [3.63, 3.8) is 0 Å². The van der Waals surface area contributed by atoms with E-state index in [0.717, 1.165) is 5.92 Å². The third-order valence-electron chi connectivity index (χ3n) is 5.35. The van der Waals surface area contributed by atoms with Crippen LogP contribution in [0, 0.1) is 9.49 Å². The molecule has 1 unspecified atom stereocenters. The van der Waals surface area contributed by atoms with Crippen LogP contribution in [0.4, 0.5) is 0 Å². The van der Waals surface area contributed by atoms with E-state index in [1.54, 1.807) is 22.3 Å². The normalized spacial score (nSPS) is 21.8. The molecule has 114 valence electrons. The summed E-state index contributed by atoms with van der Waals surface area (Å²) in [6.07, 6.45) is 4.96. The highest BCUT2D eigenvalue weighted by Crippen LogP contribution is 2.42. The quantitative estimate of drug-likeness (QED) is 0.691. The third-order valence-corrected chi connectivity index (χ3v) is 6.02. The van der Waals surface area contributed by atoms with Gasteiger partial charge in [0.2, 0.25) is 0 Å². The summed E-state index contributed by atoms with van der Waals surface area (Å²) < 4.78 is 1.37. The number of fused-ring (bicyclic) bond motifs is 2.